The summed E-state index contributed by atoms with van der Waals surface area (Å²) >= 11 is 6.16. The normalized spacial score (nSPS) is 32.0. The van der Waals surface area contributed by atoms with Crippen LogP contribution in [0.1, 0.15) is 46.5 Å². The molecule has 0 heterocycles. The molecule has 1 fully saturated rings. The smallest absolute Gasteiger partial charge is 0.0745 e. The van der Waals surface area contributed by atoms with Gasteiger partial charge in [0, 0.05) is 0 Å². The monoisotopic (exact) mass is 190 g/mol. The van der Waals surface area contributed by atoms with E-state index in [1.165, 1.54) is 12.8 Å². The van der Waals surface area contributed by atoms with Crippen LogP contribution in [0.5, 0.6) is 0 Å². The second-order valence-electron chi connectivity index (χ2n) is 4.57. The first-order valence-electron chi connectivity index (χ1n) is 4.81. The lowest BCUT2D eigenvalue weighted by atomic mass is 9.96. The van der Waals surface area contributed by atoms with E-state index < -0.39 is 0 Å². The highest BCUT2D eigenvalue weighted by Gasteiger charge is 2.27. The molecule has 0 aromatic rings. The van der Waals surface area contributed by atoms with E-state index in [0.717, 1.165) is 12.8 Å². The van der Waals surface area contributed by atoms with Crippen LogP contribution in [0.25, 0.3) is 0 Å². The molecule has 2 atom stereocenters. The summed E-state index contributed by atoms with van der Waals surface area (Å²) in [6, 6.07) is 0. The third-order valence-electron chi connectivity index (χ3n) is 2.13. The van der Waals surface area contributed by atoms with Gasteiger partial charge in [-0.3, -0.25) is 0 Å². The summed E-state index contributed by atoms with van der Waals surface area (Å²) in [6.07, 6.45) is 5.05. The average Bonchev–Trinajstić information content (AvgIpc) is 1.91. The van der Waals surface area contributed by atoms with E-state index >= 15 is 0 Å². The van der Waals surface area contributed by atoms with Crippen LogP contribution >= 0.6 is 11.6 Å². The first-order valence-corrected chi connectivity index (χ1v) is 5.24. The zero-order valence-corrected chi connectivity index (χ0v) is 9.03. The molecule has 0 radical (unpaired) electrons. The fraction of sp³-hybridized carbons (Fsp3) is 1.00. The molecular formula is C10H19ClO. The summed E-state index contributed by atoms with van der Waals surface area (Å²) in [4.78, 5) is 0. The molecule has 2 heteroatoms. The zero-order chi connectivity index (χ0) is 9.19. The van der Waals surface area contributed by atoms with Crippen LogP contribution in [0.3, 0.4) is 0 Å². The van der Waals surface area contributed by atoms with Gasteiger partial charge in [0.15, 0.2) is 0 Å². The van der Waals surface area contributed by atoms with E-state index in [2.05, 4.69) is 20.8 Å². The average molecular weight is 191 g/mol. The van der Waals surface area contributed by atoms with Crippen LogP contribution in [0.4, 0.5) is 0 Å². The summed E-state index contributed by atoms with van der Waals surface area (Å²) in [7, 11) is 0. The minimum absolute atomic E-state index is 0.0465. The van der Waals surface area contributed by atoms with E-state index in [9.17, 15) is 0 Å². The number of ether oxygens (including phenoxy) is 1. The van der Waals surface area contributed by atoms with Crippen molar-refractivity contribution >= 4 is 11.6 Å². The van der Waals surface area contributed by atoms with Gasteiger partial charge in [-0.1, -0.05) is 12.8 Å². The minimum Gasteiger partial charge on any atom is -0.371 e. The molecular weight excluding hydrogens is 172 g/mol. The quantitative estimate of drug-likeness (QED) is 0.577. The van der Waals surface area contributed by atoms with Gasteiger partial charge < -0.3 is 4.74 Å². The Morgan fingerprint density at radius 1 is 1.17 bits per heavy atom. The summed E-state index contributed by atoms with van der Waals surface area (Å²) in [5.41, 5.74) is -0.0465. The van der Waals surface area contributed by atoms with Gasteiger partial charge in [0.1, 0.15) is 0 Å². The highest BCUT2D eigenvalue weighted by atomic mass is 35.5. The van der Waals surface area contributed by atoms with Crippen LogP contribution in [0, 0.1) is 0 Å². The van der Waals surface area contributed by atoms with Crippen LogP contribution in [-0.2, 0) is 4.74 Å². The molecule has 0 saturated heterocycles. The number of halogens is 1. The van der Waals surface area contributed by atoms with Crippen molar-refractivity contribution in [2.75, 3.05) is 0 Å². The fourth-order valence-corrected chi connectivity index (χ4v) is 1.97. The first-order chi connectivity index (χ1) is 5.49. The molecule has 0 amide bonds. The lowest BCUT2D eigenvalue weighted by Gasteiger charge is -2.33. The lowest BCUT2D eigenvalue weighted by molar-refractivity contribution is -0.0712. The molecule has 1 nitrogen and oxygen atoms in total. The lowest BCUT2D eigenvalue weighted by Crippen LogP contribution is -2.35. The predicted octanol–water partition coefficient (Wildman–Crippen LogP) is 3.35. The van der Waals surface area contributed by atoms with Crippen molar-refractivity contribution in [1.82, 2.24) is 0 Å². The van der Waals surface area contributed by atoms with Gasteiger partial charge in [0.2, 0.25) is 0 Å². The molecule has 1 rings (SSSR count). The van der Waals surface area contributed by atoms with Crippen molar-refractivity contribution in [3.05, 3.63) is 0 Å². The van der Waals surface area contributed by atoms with Crippen molar-refractivity contribution in [3.8, 4) is 0 Å². The number of hydrogen-bond acceptors (Lipinski definition) is 1. The zero-order valence-electron chi connectivity index (χ0n) is 8.27. The van der Waals surface area contributed by atoms with Gasteiger partial charge in [-0.15, -0.1) is 11.6 Å². The molecule has 0 aliphatic heterocycles. The maximum absolute atomic E-state index is 6.16. The maximum atomic E-state index is 6.16. The van der Waals surface area contributed by atoms with E-state index in [4.69, 9.17) is 16.3 Å². The van der Waals surface area contributed by atoms with Crippen molar-refractivity contribution < 1.29 is 4.74 Å². The molecule has 0 bridgehead atoms. The van der Waals surface area contributed by atoms with Gasteiger partial charge in [-0.25, -0.2) is 0 Å². The number of hydrogen-bond donors (Lipinski definition) is 0. The van der Waals surface area contributed by atoms with Gasteiger partial charge in [0.05, 0.1) is 17.1 Å². The van der Waals surface area contributed by atoms with E-state index in [1.807, 2.05) is 0 Å². The highest BCUT2D eigenvalue weighted by molar-refractivity contribution is 6.21. The van der Waals surface area contributed by atoms with Gasteiger partial charge in [-0.05, 0) is 33.6 Å². The van der Waals surface area contributed by atoms with Crippen LogP contribution in [0.15, 0.2) is 0 Å². The molecule has 12 heavy (non-hydrogen) atoms. The Balaban J connectivity index is 2.39. The largest absolute Gasteiger partial charge is 0.371 e. The van der Waals surface area contributed by atoms with E-state index in [0.29, 0.717) is 0 Å². The second-order valence-corrected chi connectivity index (χ2v) is 5.13. The molecule has 1 saturated carbocycles. The molecule has 1 aliphatic rings. The molecule has 0 unspecified atom stereocenters. The molecule has 0 aromatic heterocycles. The maximum Gasteiger partial charge on any atom is 0.0745 e. The third-order valence-corrected chi connectivity index (χ3v) is 2.63. The van der Waals surface area contributed by atoms with Crippen molar-refractivity contribution in [3.63, 3.8) is 0 Å². The van der Waals surface area contributed by atoms with Crippen molar-refractivity contribution in [1.29, 1.82) is 0 Å². The third kappa shape index (κ3) is 3.32. The van der Waals surface area contributed by atoms with Crippen molar-refractivity contribution in [2.45, 2.75) is 63.5 Å². The van der Waals surface area contributed by atoms with Crippen LogP contribution in [-0.4, -0.2) is 17.1 Å². The SMILES string of the molecule is CC(C)(C)O[C@@H]1CCCC[C@@H]1Cl. The van der Waals surface area contributed by atoms with Gasteiger partial charge >= 0.3 is 0 Å². The van der Waals surface area contributed by atoms with Gasteiger partial charge in [-0.2, -0.15) is 0 Å². The molecule has 72 valence electrons. The van der Waals surface area contributed by atoms with E-state index in [1.54, 1.807) is 0 Å². The van der Waals surface area contributed by atoms with Crippen LogP contribution < -0.4 is 0 Å². The summed E-state index contributed by atoms with van der Waals surface area (Å²) in [5.74, 6) is 0. The predicted molar refractivity (Wildman–Crippen MR) is 52.7 cm³/mol. The fourth-order valence-electron chi connectivity index (χ4n) is 1.64. The Labute approximate surface area is 80.4 Å². The molecule has 0 N–H and O–H groups in total. The minimum atomic E-state index is -0.0465. The van der Waals surface area contributed by atoms with Crippen LogP contribution in [0.2, 0.25) is 0 Å². The number of rotatable bonds is 1. The summed E-state index contributed by atoms with van der Waals surface area (Å²) in [5, 5.41) is 0.234. The molecule has 0 spiro atoms. The Hall–Kier alpha value is 0.250. The van der Waals surface area contributed by atoms with Gasteiger partial charge in [0.25, 0.3) is 0 Å². The standard InChI is InChI=1S/C10H19ClO/c1-10(2,3)12-9-7-5-4-6-8(9)11/h8-9H,4-7H2,1-3H3/t8-,9+/m0/s1. The summed E-state index contributed by atoms with van der Waals surface area (Å²) < 4.78 is 5.86. The van der Waals surface area contributed by atoms with Crippen molar-refractivity contribution in [2.24, 2.45) is 0 Å². The number of alkyl halides is 1. The topological polar surface area (TPSA) is 9.23 Å². The Morgan fingerprint density at radius 2 is 1.75 bits per heavy atom. The first kappa shape index (κ1) is 10.3. The highest BCUT2D eigenvalue weighted by Crippen LogP contribution is 2.28. The second kappa shape index (κ2) is 3.97. The molecule has 0 aromatic carbocycles. The Bertz CT molecular complexity index is 139. The van der Waals surface area contributed by atoms with E-state index in [-0.39, 0.29) is 17.1 Å². The Kier molecular flexibility index (Phi) is 3.42. The molecule has 1 aliphatic carbocycles. The summed E-state index contributed by atoms with van der Waals surface area (Å²) in [6.45, 7) is 6.27. The Morgan fingerprint density at radius 3 is 2.25 bits per heavy atom.